The number of hydrogen-bond acceptors (Lipinski definition) is 4. The van der Waals surface area contributed by atoms with Gasteiger partial charge in [0.1, 0.15) is 5.92 Å². The van der Waals surface area contributed by atoms with Crippen molar-refractivity contribution >= 4 is 23.2 Å². The number of aliphatic hydroxyl groups excluding tert-OH is 1. The maximum absolute atomic E-state index is 13.8. The Morgan fingerprint density at radius 3 is 2.12 bits per heavy atom. The third-order valence-corrected chi connectivity index (χ3v) is 6.62. The molecule has 6 nitrogen and oxygen atoms in total. The number of aromatic amines is 1. The molecule has 166 valence electrons. The molecule has 34 heavy (non-hydrogen) atoms. The second kappa shape index (κ2) is 7.37. The lowest BCUT2D eigenvalue weighted by Crippen LogP contribution is -2.29. The van der Waals surface area contributed by atoms with E-state index >= 15 is 0 Å². The Kier molecular flexibility index (Phi) is 4.40. The molecule has 1 unspecified atom stereocenters. The van der Waals surface area contributed by atoms with Gasteiger partial charge in [-0.15, -0.1) is 0 Å². The summed E-state index contributed by atoms with van der Waals surface area (Å²) in [5.41, 5.74) is 4.27. The number of nitrogens with one attached hydrogen (secondary N) is 1. The zero-order valence-corrected chi connectivity index (χ0v) is 18.3. The number of Topliss-reactive ketones (excluding diaryl/α,β-unsaturated/α-hetero) is 2. The fraction of sp³-hybridized carbons (Fsp3) is 0.107. The highest BCUT2D eigenvalue weighted by molar-refractivity contribution is 6.30. The van der Waals surface area contributed by atoms with Gasteiger partial charge in [-0.25, -0.2) is 0 Å². The number of hydrogen-bond donors (Lipinski definition) is 2. The molecule has 0 saturated carbocycles. The number of benzene rings is 3. The van der Waals surface area contributed by atoms with Gasteiger partial charge in [-0.3, -0.25) is 19.3 Å². The van der Waals surface area contributed by atoms with E-state index in [0.29, 0.717) is 28.1 Å². The maximum atomic E-state index is 13.8. The monoisotopic (exact) mass is 448 g/mol. The van der Waals surface area contributed by atoms with Gasteiger partial charge in [-0.2, -0.15) is 0 Å². The Labute approximate surface area is 195 Å². The topological polar surface area (TPSA) is 90.5 Å². The first kappa shape index (κ1) is 20.3. The molecule has 1 atom stereocenters. The molecular formula is C28H20N2O4. The summed E-state index contributed by atoms with van der Waals surface area (Å²) >= 11 is 0. The molecule has 0 saturated heterocycles. The zero-order valence-electron chi connectivity index (χ0n) is 18.3. The lowest BCUT2D eigenvalue weighted by molar-refractivity contribution is 0.0888. The van der Waals surface area contributed by atoms with E-state index in [4.69, 9.17) is 0 Å². The van der Waals surface area contributed by atoms with Crippen molar-refractivity contribution in [1.82, 2.24) is 4.98 Å². The molecule has 0 radical (unpaired) electrons. The number of ketones is 2. The Morgan fingerprint density at radius 1 is 0.824 bits per heavy atom. The van der Waals surface area contributed by atoms with Gasteiger partial charge < -0.3 is 10.1 Å². The van der Waals surface area contributed by atoms with Crippen LogP contribution >= 0.6 is 0 Å². The van der Waals surface area contributed by atoms with E-state index in [1.807, 2.05) is 55.5 Å². The van der Waals surface area contributed by atoms with Crippen LogP contribution in [0.5, 0.6) is 0 Å². The molecule has 0 bridgehead atoms. The summed E-state index contributed by atoms with van der Waals surface area (Å²) < 4.78 is 0. The average Bonchev–Trinajstić information content (AvgIpc) is 3.44. The quantitative estimate of drug-likeness (QED) is 0.441. The molecule has 3 aromatic carbocycles. The Balaban J connectivity index is 1.57. The summed E-state index contributed by atoms with van der Waals surface area (Å²) in [5.74, 6) is -2.29. The van der Waals surface area contributed by atoms with Crippen molar-refractivity contribution in [1.29, 1.82) is 0 Å². The van der Waals surface area contributed by atoms with Crippen molar-refractivity contribution < 1.29 is 19.5 Å². The third-order valence-electron chi connectivity index (χ3n) is 6.62. The summed E-state index contributed by atoms with van der Waals surface area (Å²) in [4.78, 5) is 44.9. The Bertz CT molecular complexity index is 1470. The summed E-state index contributed by atoms with van der Waals surface area (Å²) in [6.45, 7) is 1.91. The second-order valence-corrected chi connectivity index (χ2v) is 8.66. The highest BCUT2D eigenvalue weighted by atomic mass is 16.3. The zero-order chi connectivity index (χ0) is 23.6. The first-order chi connectivity index (χ1) is 16.5. The second-order valence-electron chi connectivity index (χ2n) is 8.66. The van der Waals surface area contributed by atoms with Crippen molar-refractivity contribution in [3.63, 3.8) is 0 Å². The number of carbonyl (C=O) groups excluding carboxylic acids is 3. The van der Waals surface area contributed by atoms with Crippen LogP contribution in [0.25, 0.3) is 11.3 Å². The molecule has 2 aliphatic rings. The van der Waals surface area contributed by atoms with Crippen LogP contribution in [-0.2, 0) is 0 Å². The van der Waals surface area contributed by atoms with Crippen molar-refractivity contribution in [2.75, 3.05) is 4.90 Å². The molecule has 2 N–H and O–H groups in total. The number of aromatic nitrogens is 1. The fourth-order valence-electron chi connectivity index (χ4n) is 5.07. The van der Waals surface area contributed by atoms with Gasteiger partial charge in [0.15, 0.2) is 17.8 Å². The van der Waals surface area contributed by atoms with Crippen molar-refractivity contribution in [3.05, 3.63) is 112 Å². The van der Waals surface area contributed by atoms with E-state index in [1.54, 1.807) is 30.3 Å². The summed E-state index contributed by atoms with van der Waals surface area (Å²) in [5, 5.41) is 11.4. The number of amides is 1. The summed E-state index contributed by atoms with van der Waals surface area (Å²) in [6.07, 6.45) is -1.27. The largest absolute Gasteiger partial charge is 0.369 e. The predicted molar refractivity (Wildman–Crippen MR) is 127 cm³/mol. The van der Waals surface area contributed by atoms with Crippen molar-refractivity contribution in [3.8, 4) is 11.3 Å². The lowest BCUT2D eigenvalue weighted by Gasteiger charge is -2.23. The molecule has 4 aromatic rings. The maximum Gasteiger partial charge on any atom is 0.263 e. The minimum absolute atomic E-state index is 0.187. The average molecular weight is 448 g/mol. The van der Waals surface area contributed by atoms with Gasteiger partial charge in [-0.1, -0.05) is 66.7 Å². The summed E-state index contributed by atoms with van der Waals surface area (Å²) in [7, 11) is 0. The molecule has 1 amide bonds. The molecule has 1 aromatic heterocycles. The highest BCUT2D eigenvalue weighted by Gasteiger charge is 2.48. The fourth-order valence-corrected chi connectivity index (χ4v) is 5.07. The van der Waals surface area contributed by atoms with Crippen LogP contribution in [0.1, 0.15) is 60.0 Å². The molecule has 0 fully saturated rings. The summed E-state index contributed by atoms with van der Waals surface area (Å²) in [6, 6.07) is 23.3. The highest BCUT2D eigenvalue weighted by Crippen LogP contribution is 2.47. The number of aryl methyl sites for hydroxylation is 1. The molecule has 2 heterocycles. The number of rotatable bonds is 3. The minimum Gasteiger partial charge on any atom is -0.369 e. The van der Waals surface area contributed by atoms with Crippen molar-refractivity contribution in [2.45, 2.75) is 19.1 Å². The van der Waals surface area contributed by atoms with Crippen LogP contribution in [0.2, 0.25) is 0 Å². The number of carbonyl (C=O) groups is 3. The first-order valence-corrected chi connectivity index (χ1v) is 11.0. The van der Waals surface area contributed by atoms with Crippen LogP contribution in [0.4, 0.5) is 5.69 Å². The number of aliphatic hydroxyl groups is 1. The van der Waals surface area contributed by atoms with Crippen LogP contribution in [0, 0.1) is 6.92 Å². The lowest BCUT2D eigenvalue weighted by atomic mass is 9.95. The van der Waals surface area contributed by atoms with E-state index in [9.17, 15) is 19.5 Å². The van der Waals surface area contributed by atoms with Gasteiger partial charge in [0.25, 0.3) is 5.91 Å². The Hall–Kier alpha value is -4.29. The first-order valence-electron chi connectivity index (χ1n) is 11.0. The van der Waals surface area contributed by atoms with Gasteiger partial charge in [0.05, 0.1) is 11.3 Å². The van der Waals surface area contributed by atoms with E-state index in [1.165, 1.54) is 4.90 Å². The van der Waals surface area contributed by atoms with Crippen LogP contribution in [0.15, 0.2) is 78.9 Å². The minimum atomic E-state index is -1.27. The van der Waals surface area contributed by atoms with E-state index in [0.717, 1.165) is 11.1 Å². The SMILES string of the molecule is Cc1cccc(N2C(=O)c3c(C4C(=O)c5ccccc5C4=O)[nH]c(-c4ccccc4)c3C2O)c1. The molecule has 6 rings (SSSR count). The molecule has 6 heteroatoms. The van der Waals surface area contributed by atoms with E-state index in [-0.39, 0.29) is 22.8 Å². The van der Waals surface area contributed by atoms with E-state index in [2.05, 4.69) is 4.98 Å². The molecule has 0 spiro atoms. The van der Waals surface area contributed by atoms with E-state index < -0.39 is 18.1 Å². The number of nitrogens with zero attached hydrogens (tertiary/aromatic N) is 1. The molecule has 1 aliphatic heterocycles. The number of H-pyrrole nitrogens is 1. The predicted octanol–water partition coefficient (Wildman–Crippen LogP) is 4.80. The van der Waals surface area contributed by atoms with Gasteiger partial charge in [0, 0.05) is 28.1 Å². The van der Waals surface area contributed by atoms with Crippen LogP contribution in [-0.4, -0.2) is 27.6 Å². The van der Waals surface area contributed by atoms with Gasteiger partial charge in [-0.05, 0) is 30.2 Å². The normalized spacial score (nSPS) is 17.4. The number of fused-ring (bicyclic) bond motifs is 2. The molecule has 1 aliphatic carbocycles. The number of anilines is 1. The molecular weight excluding hydrogens is 428 g/mol. The standard InChI is InChI=1S/C28H20N2O4/c1-15-8-7-11-17(14-15)30-27(33)20-21(28(30)34)24(29-23(20)16-9-3-2-4-10-16)22-25(31)18-12-5-6-13-19(18)26(22)32/h2-14,22,27,29,33H,1H3. The Morgan fingerprint density at radius 2 is 1.47 bits per heavy atom. The smallest absolute Gasteiger partial charge is 0.263 e. The van der Waals surface area contributed by atoms with Crippen LogP contribution < -0.4 is 4.90 Å². The van der Waals surface area contributed by atoms with Crippen molar-refractivity contribution in [2.24, 2.45) is 0 Å². The van der Waals surface area contributed by atoms with Gasteiger partial charge in [0.2, 0.25) is 0 Å². The van der Waals surface area contributed by atoms with Crippen LogP contribution in [0.3, 0.4) is 0 Å². The van der Waals surface area contributed by atoms with Gasteiger partial charge >= 0.3 is 0 Å². The third kappa shape index (κ3) is 2.75.